The van der Waals surface area contributed by atoms with Crippen LogP contribution in [-0.4, -0.2) is 50.6 Å². The zero-order valence-corrected chi connectivity index (χ0v) is 12.0. The van der Waals surface area contributed by atoms with Crippen molar-refractivity contribution in [2.75, 3.05) is 19.7 Å². The molecule has 1 unspecified atom stereocenters. The molecule has 0 amide bonds. The number of hydrogen-bond donors (Lipinski definition) is 2. The van der Waals surface area contributed by atoms with E-state index in [4.69, 9.17) is 5.11 Å². The molecule has 1 aliphatic heterocycles. The average Bonchev–Trinajstić information content (AvgIpc) is 2.99. The molecule has 2 rings (SSSR count). The molecule has 6 nitrogen and oxygen atoms in total. The third-order valence-electron chi connectivity index (χ3n) is 4.04. The van der Waals surface area contributed by atoms with Crippen LogP contribution < -0.4 is 0 Å². The van der Waals surface area contributed by atoms with Crippen molar-refractivity contribution in [3.8, 4) is 0 Å². The largest absolute Gasteiger partial charge is 0.481 e. The summed E-state index contributed by atoms with van der Waals surface area (Å²) in [5.74, 6) is -0.669. The summed E-state index contributed by atoms with van der Waals surface area (Å²) < 4.78 is 1.71. The molecule has 0 saturated carbocycles. The first-order valence-electron chi connectivity index (χ1n) is 7.17. The SMILES string of the molecule is CCCC1(C(=O)O)CCN(Cc2cnn(CCO)c2)C1. The second kappa shape index (κ2) is 6.37. The highest BCUT2D eigenvalue weighted by molar-refractivity contribution is 5.75. The van der Waals surface area contributed by atoms with Gasteiger partial charge in [0.05, 0.1) is 24.8 Å². The fourth-order valence-corrected chi connectivity index (χ4v) is 3.03. The Morgan fingerprint density at radius 3 is 3.00 bits per heavy atom. The van der Waals surface area contributed by atoms with E-state index in [1.54, 1.807) is 10.9 Å². The van der Waals surface area contributed by atoms with Crippen molar-refractivity contribution in [2.45, 2.75) is 39.3 Å². The van der Waals surface area contributed by atoms with Gasteiger partial charge in [-0.15, -0.1) is 0 Å². The zero-order chi connectivity index (χ0) is 14.6. The van der Waals surface area contributed by atoms with Gasteiger partial charge >= 0.3 is 5.97 Å². The van der Waals surface area contributed by atoms with E-state index in [1.807, 2.05) is 13.1 Å². The van der Waals surface area contributed by atoms with E-state index >= 15 is 0 Å². The fourth-order valence-electron chi connectivity index (χ4n) is 3.03. The van der Waals surface area contributed by atoms with Crippen LogP contribution in [0, 0.1) is 5.41 Å². The van der Waals surface area contributed by atoms with Crippen molar-refractivity contribution in [1.29, 1.82) is 0 Å². The Labute approximate surface area is 119 Å². The maximum absolute atomic E-state index is 11.5. The van der Waals surface area contributed by atoms with E-state index in [1.165, 1.54) is 0 Å². The number of aliphatic carboxylic acids is 1. The van der Waals surface area contributed by atoms with Gasteiger partial charge in [0, 0.05) is 24.8 Å². The third kappa shape index (κ3) is 3.19. The van der Waals surface area contributed by atoms with E-state index < -0.39 is 11.4 Å². The molecule has 1 aromatic rings. The molecular weight excluding hydrogens is 258 g/mol. The highest BCUT2D eigenvalue weighted by Crippen LogP contribution is 2.36. The van der Waals surface area contributed by atoms with Crippen LogP contribution in [0.2, 0.25) is 0 Å². The van der Waals surface area contributed by atoms with Gasteiger partial charge in [-0.2, -0.15) is 5.10 Å². The van der Waals surface area contributed by atoms with E-state index in [-0.39, 0.29) is 6.61 Å². The van der Waals surface area contributed by atoms with Crippen LogP contribution in [0.15, 0.2) is 12.4 Å². The Kier molecular flexibility index (Phi) is 4.77. The molecule has 0 aromatic carbocycles. The van der Waals surface area contributed by atoms with Crippen molar-refractivity contribution in [1.82, 2.24) is 14.7 Å². The number of aliphatic hydroxyl groups is 1. The number of carboxylic acid groups (broad SMARTS) is 1. The molecule has 1 aliphatic rings. The van der Waals surface area contributed by atoms with Gasteiger partial charge in [-0.3, -0.25) is 14.4 Å². The molecule has 0 spiro atoms. The molecule has 1 saturated heterocycles. The van der Waals surface area contributed by atoms with E-state index in [0.29, 0.717) is 13.1 Å². The molecule has 0 radical (unpaired) electrons. The summed E-state index contributed by atoms with van der Waals surface area (Å²) in [6.07, 6.45) is 6.06. The minimum Gasteiger partial charge on any atom is -0.481 e. The molecule has 0 aliphatic carbocycles. The molecule has 0 bridgehead atoms. The van der Waals surface area contributed by atoms with Crippen LogP contribution in [0.5, 0.6) is 0 Å². The van der Waals surface area contributed by atoms with Crippen LogP contribution in [0.4, 0.5) is 0 Å². The van der Waals surface area contributed by atoms with Crippen molar-refractivity contribution in [2.24, 2.45) is 5.41 Å². The second-order valence-electron chi connectivity index (χ2n) is 5.63. The minimum atomic E-state index is -0.669. The molecule has 1 fully saturated rings. The number of rotatable bonds is 7. The quantitative estimate of drug-likeness (QED) is 0.778. The van der Waals surface area contributed by atoms with Crippen LogP contribution in [0.25, 0.3) is 0 Å². The van der Waals surface area contributed by atoms with Crippen molar-refractivity contribution in [3.63, 3.8) is 0 Å². The molecule has 20 heavy (non-hydrogen) atoms. The molecule has 6 heteroatoms. The monoisotopic (exact) mass is 281 g/mol. The van der Waals surface area contributed by atoms with Gasteiger partial charge in [0.15, 0.2) is 0 Å². The van der Waals surface area contributed by atoms with Crippen LogP contribution >= 0.6 is 0 Å². The molecule has 1 aromatic heterocycles. The Balaban J connectivity index is 1.96. The van der Waals surface area contributed by atoms with Gasteiger partial charge in [0.1, 0.15) is 0 Å². The molecule has 2 N–H and O–H groups in total. The minimum absolute atomic E-state index is 0.0729. The molecule has 1 atom stereocenters. The lowest BCUT2D eigenvalue weighted by Crippen LogP contribution is -2.34. The lowest BCUT2D eigenvalue weighted by molar-refractivity contribution is -0.148. The lowest BCUT2D eigenvalue weighted by Gasteiger charge is -2.24. The van der Waals surface area contributed by atoms with Crippen LogP contribution in [-0.2, 0) is 17.9 Å². The van der Waals surface area contributed by atoms with Crippen molar-refractivity contribution >= 4 is 5.97 Å². The molecule has 2 heterocycles. The van der Waals surface area contributed by atoms with Gasteiger partial charge in [-0.05, 0) is 19.4 Å². The number of hydrogen-bond acceptors (Lipinski definition) is 4. The van der Waals surface area contributed by atoms with Gasteiger partial charge in [-0.25, -0.2) is 0 Å². The summed E-state index contributed by atoms with van der Waals surface area (Å²) in [7, 11) is 0. The number of aliphatic hydroxyl groups excluding tert-OH is 1. The maximum Gasteiger partial charge on any atom is 0.310 e. The number of carbonyl (C=O) groups is 1. The highest BCUT2D eigenvalue weighted by atomic mass is 16.4. The van der Waals surface area contributed by atoms with E-state index in [2.05, 4.69) is 10.00 Å². The lowest BCUT2D eigenvalue weighted by atomic mass is 9.83. The topological polar surface area (TPSA) is 78.6 Å². The number of carboxylic acids is 1. The summed E-state index contributed by atoms with van der Waals surface area (Å²) in [6.45, 7) is 4.76. The number of aromatic nitrogens is 2. The fraction of sp³-hybridized carbons (Fsp3) is 0.714. The first-order valence-corrected chi connectivity index (χ1v) is 7.17. The highest BCUT2D eigenvalue weighted by Gasteiger charge is 2.43. The Morgan fingerprint density at radius 1 is 1.55 bits per heavy atom. The summed E-state index contributed by atoms with van der Waals surface area (Å²) >= 11 is 0. The smallest absolute Gasteiger partial charge is 0.310 e. The molecule has 112 valence electrons. The van der Waals surface area contributed by atoms with Crippen LogP contribution in [0.3, 0.4) is 0 Å². The third-order valence-corrected chi connectivity index (χ3v) is 4.04. The predicted molar refractivity (Wildman–Crippen MR) is 74.2 cm³/mol. The molecular formula is C14H23N3O3. The normalized spacial score (nSPS) is 23.3. The second-order valence-corrected chi connectivity index (χ2v) is 5.63. The van der Waals surface area contributed by atoms with Gasteiger partial charge < -0.3 is 10.2 Å². The van der Waals surface area contributed by atoms with Crippen molar-refractivity contribution < 1.29 is 15.0 Å². The zero-order valence-electron chi connectivity index (χ0n) is 12.0. The summed E-state index contributed by atoms with van der Waals surface area (Å²) in [5.41, 5.74) is 0.492. The van der Waals surface area contributed by atoms with Crippen molar-refractivity contribution in [3.05, 3.63) is 18.0 Å². The predicted octanol–water partition coefficient (Wildman–Crippen LogP) is 0.952. The van der Waals surface area contributed by atoms with E-state index in [9.17, 15) is 9.90 Å². The average molecular weight is 281 g/mol. The summed E-state index contributed by atoms with van der Waals surface area (Å²) in [6, 6.07) is 0. The van der Waals surface area contributed by atoms with Gasteiger partial charge in [0.2, 0.25) is 0 Å². The maximum atomic E-state index is 11.5. The van der Waals surface area contributed by atoms with Gasteiger partial charge in [0.25, 0.3) is 0 Å². The first kappa shape index (κ1) is 15.0. The Hall–Kier alpha value is -1.40. The number of likely N-dealkylation sites (tertiary alicyclic amines) is 1. The van der Waals surface area contributed by atoms with Crippen LogP contribution in [0.1, 0.15) is 31.7 Å². The first-order chi connectivity index (χ1) is 9.59. The standard InChI is InChI=1S/C14H23N3O3/c1-2-3-14(13(19)20)4-5-16(11-14)9-12-8-15-17(10-12)6-7-18/h8,10,18H,2-7,9,11H2,1H3,(H,19,20). The Bertz CT molecular complexity index is 460. The number of nitrogens with zero attached hydrogens (tertiary/aromatic N) is 3. The van der Waals surface area contributed by atoms with E-state index in [0.717, 1.165) is 37.9 Å². The summed E-state index contributed by atoms with van der Waals surface area (Å²) in [5, 5.41) is 22.5. The Morgan fingerprint density at radius 2 is 2.35 bits per heavy atom. The van der Waals surface area contributed by atoms with Gasteiger partial charge in [-0.1, -0.05) is 13.3 Å². The summed E-state index contributed by atoms with van der Waals surface area (Å²) in [4.78, 5) is 13.7.